The predicted molar refractivity (Wildman–Crippen MR) is 169 cm³/mol. The van der Waals surface area contributed by atoms with Gasteiger partial charge in [-0.2, -0.15) is 0 Å². The molecule has 0 aliphatic rings. The predicted octanol–water partition coefficient (Wildman–Crippen LogP) is 5.31. The number of carbonyl (C=O) groups is 6. The highest BCUT2D eigenvalue weighted by Gasteiger charge is 2.16. The molecule has 13 heteroatoms. The maximum absolute atomic E-state index is 11.0. The summed E-state index contributed by atoms with van der Waals surface area (Å²) < 4.78 is 31.3. The first-order chi connectivity index (χ1) is 20.7. The van der Waals surface area contributed by atoms with Gasteiger partial charge in [0.2, 0.25) is 0 Å². The molecule has 0 rings (SSSR count). The van der Waals surface area contributed by atoms with Crippen LogP contribution in [0.2, 0.25) is 0 Å². The third kappa shape index (κ3) is 37.3. The molecule has 0 N–H and O–H groups in total. The van der Waals surface area contributed by atoms with E-state index in [1.807, 2.05) is 0 Å². The van der Waals surface area contributed by atoms with Gasteiger partial charge < -0.3 is 33.2 Å². The summed E-state index contributed by atoms with van der Waals surface area (Å²) in [4.78, 5) is 63.9. The Morgan fingerprint density at radius 3 is 1.13 bits per heavy atom. The molecule has 0 radical (unpaired) electrons. The molecule has 0 heterocycles. The van der Waals surface area contributed by atoms with Gasteiger partial charge in [0.1, 0.15) is 0 Å². The fraction of sp³-hybridized carbons (Fsp3) is 0.500. The van der Waals surface area contributed by atoms with E-state index >= 15 is 0 Å². The van der Waals surface area contributed by atoms with Crippen LogP contribution in [-0.4, -0.2) is 69.9 Å². The van der Waals surface area contributed by atoms with Crippen molar-refractivity contribution in [1.29, 1.82) is 0 Å². The third-order valence-corrected chi connectivity index (χ3v) is 3.55. The van der Waals surface area contributed by atoms with Gasteiger partial charge in [-0.1, -0.05) is 40.9 Å². The van der Waals surface area contributed by atoms with E-state index in [0.717, 1.165) is 5.92 Å². The van der Waals surface area contributed by atoms with Gasteiger partial charge in [0, 0.05) is 18.1 Å². The third-order valence-electron chi connectivity index (χ3n) is 3.55. The van der Waals surface area contributed by atoms with E-state index in [2.05, 4.69) is 82.1 Å². The Kier molecular flexibility index (Phi) is 35.8. The van der Waals surface area contributed by atoms with Crippen LogP contribution < -0.4 is 0 Å². The van der Waals surface area contributed by atoms with E-state index in [-0.39, 0.29) is 34.4 Å². The summed E-state index contributed by atoms with van der Waals surface area (Å²) in [6, 6.07) is 0. The topological polar surface area (TPSA) is 167 Å². The van der Waals surface area contributed by atoms with Crippen molar-refractivity contribution < 1.29 is 61.9 Å². The van der Waals surface area contributed by atoms with Crippen molar-refractivity contribution in [2.45, 2.75) is 68.7 Å². The van der Waals surface area contributed by atoms with Crippen molar-refractivity contribution in [1.82, 2.24) is 0 Å². The minimum absolute atomic E-state index is 0.0735. The van der Waals surface area contributed by atoms with Gasteiger partial charge in [-0.05, 0) is 59.8 Å². The number of esters is 6. The summed E-state index contributed by atoms with van der Waals surface area (Å²) in [7, 11) is 2.53. The molecule has 0 atom stereocenters. The highest BCUT2D eigenvalue weighted by atomic mass is 16.6. The van der Waals surface area contributed by atoms with Crippen LogP contribution in [0.4, 0.5) is 0 Å². The van der Waals surface area contributed by atoms with Gasteiger partial charge >= 0.3 is 35.8 Å². The molecule has 0 bridgehead atoms. The van der Waals surface area contributed by atoms with Crippen LogP contribution in [0.15, 0.2) is 61.3 Å². The zero-order valence-electron chi connectivity index (χ0n) is 28.7. The Morgan fingerprint density at radius 2 is 0.889 bits per heavy atom. The number of rotatable bonds is 12. The molecular formula is C32H52O13. The molecule has 0 aliphatic heterocycles. The van der Waals surface area contributed by atoms with Crippen molar-refractivity contribution in [3.05, 3.63) is 61.3 Å². The molecule has 0 fully saturated rings. The monoisotopic (exact) mass is 644 g/mol. The molecule has 0 saturated heterocycles. The molecule has 0 amide bonds. The molecular weight excluding hydrogens is 592 g/mol. The number of hydrogen-bond donors (Lipinski definition) is 0. The zero-order chi connectivity index (χ0) is 36.7. The Morgan fingerprint density at radius 1 is 0.533 bits per heavy atom. The number of carbonyl (C=O) groups excluding carboxylic acids is 6. The minimum Gasteiger partial charge on any atom is -0.490 e. The highest BCUT2D eigenvalue weighted by molar-refractivity contribution is 6.00. The molecule has 0 spiro atoms. The van der Waals surface area contributed by atoms with E-state index in [0.29, 0.717) is 26.2 Å². The number of methoxy groups -OCH3 is 2. The molecule has 0 aromatic rings. The van der Waals surface area contributed by atoms with E-state index in [4.69, 9.17) is 4.74 Å². The van der Waals surface area contributed by atoms with E-state index < -0.39 is 29.8 Å². The Balaban J connectivity index is -0.000000156. The van der Waals surface area contributed by atoms with Crippen LogP contribution in [0.25, 0.3) is 0 Å². The summed E-state index contributed by atoms with van der Waals surface area (Å²) in [5.74, 6) is -3.52. The van der Waals surface area contributed by atoms with Gasteiger partial charge in [-0.3, -0.25) is 4.79 Å². The molecule has 0 aromatic carbocycles. The Labute approximate surface area is 267 Å². The van der Waals surface area contributed by atoms with Crippen molar-refractivity contribution in [2.75, 3.05) is 34.0 Å². The van der Waals surface area contributed by atoms with Crippen LogP contribution in [-0.2, 0) is 61.9 Å². The van der Waals surface area contributed by atoms with Crippen LogP contribution in [0.1, 0.15) is 68.7 Å². The quantitative estimate of drug-likeness (QED) is 0.0883. The summed E-state index contributed by atoms with van der Waals surface area (Å²) in [5.41, 5.74) is 0.379. The summed E-state index contributed by atoms with van der Waals surface area (Å²) in [6.45, 7) is 34.1. The molecule has 45 heavy (non-hydrogen) atoms. The van der Waals surface area contributed by atoms with Crippen molar-refractivity contribution in [2.24, 2.45) is 5.92 Å². The normalized spacial score (nSPS) is 8.53. The van der Waals surface area contributed by atoms with Crippen LogP contribution >= 0.6 is 0 Å². The summed E-state index contributed by atoms with van der Waals surface area (Å²) in [5, 5.41) is 0. The lowest BCUT2D eigenvalue weighted by Gasteiger charge is -2.04. The lowest BCUT2D eigenvalue weighted by Crippen LogP contribution is -2.15. The first-order valence-electron chi connectivity index (χ1n) is 13.7. The average molecular weight is 645 g/mol. The molecule has 0 aromatic heterocycles. The first kappa shape index (κ1) is 50.0. The van der Waals surface area contributed by atoms with Crippen LogP contribution in [0, 0.1) is 5.92 Å². The second-order valence-electron chi connectivity index (χ2n) is 8.58. The van der Waals surface area contributed by atoms with Gasteiger partial charge in [0.15, 0.2) is 17.3 Å². The standard InChI is InChI=1S/C9H12O4.C8H10O4.C7H12O3.C4H8O2.C4H10/c1-5-6(2)8(10)13-9(11)7(3)12-4;1-5(2)7(9)12-8(10)6(3)11-4;1-4-9-6(3)7(8)10-5-2;1-3-6-4(2)5;1-4(2)3/h2-3,5H2,1,4H3;1,3H2,2,4H3;3-5H2,1-2H3;3H2,1-2H3;4H,1-3H3. The molecule has 0 aliphatic carbocycles. The van der Waals surface area contributed by atoms with Crippen LogP contribution in [0.3, 0.4) is 0 Å². The fourth-order valence-electron chi connectivity index (χ4n) is 1.40. The molecule has 258 valence electrons. The van der Waals surface area contributed by atoms with E-state index in [9.17, 15) is 28.8 Å². The highest BCUT2D eigenvalue weighted by Crippen LogP contribution is 2.03. The van der Waals surface area contributed by atoms with Gasteiger partial charge in [0.05, 0.1) is 34.0 Å². The zero-order valence-corrected chi connectivity index (χ0v) is 28.7. The second-order valence-corrected chi connectivity index (χ2v) is 8.58. The van der Waals surface area contributed by atoms with Gasteiger partial charge in [-0.15, -0.1) is 0 Å². The fourth-order valence-corrected chi connectivity index (χ4v) is 1.40. The smallest absolute Gasteiger partial charge is 0.380 e. The molecule has 0 saturated carbocycles. The lowest BCUT2D eigenvalue weighted by molar-refractivity contribution is -0.157. The Hall–Kier alpha value is -4.68. The van der Waals surface area contributed by atoms with Gasteiger partial charge in [-0.25, -0.2) is 24.0 Å². The maximum atomic E-state index is 11.0. The lowest BCUT2D eigenvalue weighted by atomic mass is 10.2. The Bertz CT molecular complexity index is 960. The molecule has 0 unspecified atom stereocenters. The first-order valence-corrected chi connectivity index (χ1v) is 13.7. The van der Waals surface area contributed by atoms with Crippen molar-refractivity contribution in [3.8, 4) is 0 Å². The van der Waals surface area contributed by atoms with Gasteiger partial charge in [0.25, 0.3) is 0 Å². The summed E-state index contributed by atoms with van der Waals surface area (Å²) in [6.07, 6.45) is 0.436. The van der Waals surface area contributed by atoms with Crippen LogP contribution in [0.5, 0.6) is 0 Å². The average Bonchev–Trinajstić information content (AvgIpc) is 2.96. The minimum atomic E-state index is -0.898. The SMILES string of the molecule is C=C(C)C(=O)OC(=O)C(=C)OC.C=C(CC)C(=O)OC(=O)C(=C)OC.C=C(OCC)C(=O)OCC.CC(C)C.CCOC(C)=O. The van der Waals surface area contributed by atoms with Crippen molar-refractivity contribution in [3.63, 3.8) is 0 Å². The van der Waals surface area contributed by atoms with Crippen molar-refractivity contribution >= 4 is 35.8 Å². The summed E-state index contributed by atoms with van der Waals surface area (Å²) >= 11 is 0. The van der Waals surface area contributed by atoms with E-state index in [1.165, 1.54) is 28.1 Å². The largest absolute Gasteiger partial charge is 0.490 e. The van der Waals surface area contributed by atoms with E-state index in [1.54, 1.807) is 27.7 Å². The number of ether oxygens (including phenoxy) is 7. The second kappa shape index (κ2) is 32.2. The molecule has 13 nitrogen and oxygen atoms in total. The maximum Gasteiger partial charge on any atom is 0.380 e. The number of hydrogen-bond acceptors (Lipinski definition) is 13.